The van der Waals surface area contributed by atoms with E-state index in [2.05, 4.69) is 22.8 Å². The molecule has 7 rings (SSSR count). The first-order chi connectivity index (χ1) is 20.9. The lowest BCUT2D eigenvalue weighted by Gasteiger charge is -2.40. The van der Waals surface area contributed by atoms with Crippen LogP contribution in [0.3, 0.4) is 0 Å². The highest BCUT2D eigenvalue weighted by atomic mass is 16.3. The van der Waals surface area contributed by atoms with Crippen LogP contribution < -0.4 is 16.4 Å². The Balaban J connectivity index is 1.14. The zero-order chi connectivity index (χ0) is 29.6. The van der Waals surface area contributed by atoms with Gasteiger partial charge >= 0.3 is 0 Å². The van der Waals surface area contributed by atoms with Gasteiger partial charge in [0, 0.05) is 34.0 Å². The van der Waals surface area contributed by atoms with E-state index in [1.54, 1.807) is 24.3 Å². The van der Waals surface area contributed by atoms with Gasteiger partial charge in [-0.15, -0.1) is 0 Å². The quantitative estimate of drug-likeness (QED) is 0.212. The normalized spacial score (nSPS) is 16.6. The summed E-state index contributed by atoms with van der Waals surface area (Å²) in [5, 5.41) is 12.7. The first kappa shape index (κ1) is 26.9. The number of amides is 3. The van der Waals surface area contributed by atoms with E-state index in [0.29, 0.717) is 41.0 Å². The van der Waals surface area contributed by atoms with Gasteiger partial charge in [-0.1, -0.05) is 43.5 Å². The Bertz CT molecular complexity index is 1860. The fourth-order valence-electron chi connectivity index (χ4n) is 6.49. The molecule has 5 aromatic rings. The van der Waals surface area contributed by atoms with Gasteiger partial charge in [-0.05, 0) is 74.6 Å². The highest BCUT2D eigenvalue weighted by Gasteiger charge is 2.45. The van der Waals surface area contributed by atoms with Crippen LogP contribution >= 0.6 is 0 Å². The maximum absolute atomic E-state index is 13.6. The summed E-state index contributed by atoms with van der Waals surface area (Å²) in [5.41, 5.74) is 8.71. The number of furan rings is 1. The van der Waals surface area contributed by atoms with E-state index in [1.165, 1.54) is 25.0 Å². The number of primary amides is 1. The molecule has 0 atom stereocenters. The van der Waals surface area contributed by atoms with Crippen molar-refractivity contribution in [3.63, 3.8) is 0 Å². The minimum Gasteiger partial charge on any atom is -0.451 e. The zero-order valence-electron chi connectivity index (χ0n) is 23.8. The number of aromatic nitrogens is 2. The van der Waals surface area contributed by atoms with Crippen LogP contribution in [0.25, 0.3) is 27.6 Å². The van der Waals surface area contributed by atoms with Crippen molar-refractivity contribution in [1.82, 2.24) is 15.1 Å². The van der Waals surface area contributed by atoms with Gasteiger partial charge in [-0.2, -0.15) is 5.10 Å². The molecule has 0 aliphatic heterocycles. The van der Waals surface area contributed by atoms with E-state index in [1.807, 2.05) is 41.1 Å². The minimum absolute atomic E-state index is 0.0534. The number of hydrogen-bond donors (Lipinski definition) is 3. The van der Waals surface area contributed by atoms with Crippen molar-refractivity contribution < 1.29 is 18.8 Å². The summed E-state index contributed by atoms with van der Waals surface area (Å²) >= 11 is 0. The largest absolute Gasteiger partial charge is 0.451 e. The number of nitrogens with two attached hydrogens (primary N) is 1. The van der Waals surface area contributed by atoms with Crippen molar-refractivity contribution in [3.8, 4) is 5.69 Å². The van der Waals surface area contributed by atoms with Crippen LogP contribution in [0.4, 0.5) is 5.69 Å². The minimum atomic E-state index is -1.01. The average Bonchev–Trinajstić information content (AvgIpc) is 3.61. The molecule has 2 saturated carbocycles. The number of nitrogens with one attached hydrogen (secondary N) is 2. The maximum Gasteiger partial charge on any atom is 0.284 e. The number of hydrogen-bond acceptors (Lipinski definition) is 5. The third kappa shape index (κ3) is 4.94. The lowest BCUT2D eigenvalue weighted by Crippen LogP contribution is -2.61. The van der Waals surface area contributed by atoms with Crippen molar-refractivity contribution in [2.45, 2.75) is 62.8 Å². The number of benzene rings is 3. The number of rotatable bonds is 7. The monoisotopic (exact) mass is 575 g/mol. The third-order valence-electron chi connectivity index (χ3n) is 8.98. The van der Waals surface area contributed by atoms with Crippen LogP contribution in [0.1, 0.15) is 83.9 Å². The second-order valence-electron chi connectivity index (χ2n) is 11.8. The van der Waals surface area contributed by atoms with Crippen LogP contribution in [-0.4, -0.2) is 33.0 Å². The van der Waals surface area contributed by atoms with Crippen LogP contribution in [0, 0.1) is 0 Å². The Morgan fingerprint density at radius 3 is 2.42 bits per heavy atom. The number of anilines is 1. The molecule has 3 aromatic carbocycles. The van der Waals surface area contributed by atoms with Crippen molar-refractivity contribution in [2.75, 3.05) is 5.32 Å². The van der Waals surface area contributed by atoms with Gasteiger partial charge in [0.15, 0.2) is 5.76 Å². The van der Waals surface area contributed by atoms with E-state index >= 15 is 0 Å². The highest BCUT2D eigenvalue weighted by Crippen LogP contribution is 2.38. The fourth-order valence-corrected chi connectivity index (χ4v) is 6.49. The molecule has 9 heteroatoms. The lowest BCUT2D eigenvalue weighted by molar-refractivity contribution is -0.125. The van der Waals surface area contributed by atoms with Gasteiger partial charge in [0.1, 0.15) is 11.1 Å². The summed E-state index contributed by atoms with van der Waals surface area (Å²) in [6.45, 7) is 0. The SMILES string of the molecule is NC(=O)c1cc2ccc(NC(=O)C3(NC(=O)c4ccc5c(C6CCCCC6)n(-c6ccccc6)nc5c4)CCC3)cc2o1. The van der Waals surface area contributed by atoms with Crippen molar-refractivity contribution in [3.05, 3.63) is 89.8 Å². The molecule has 2 aliphatic rings. The summed E-state index contributed by atoms with van der Waals surface area (Å²) in [4.78, 5) is 38.5. The molecule has 2 heterocycles. The number of carbonyl (C=O) groups is 3. The predicted molar refractivity (Wildman–Crippen MR) is 164 cm³/mol. The summed E-state index contributed by atoms with van der Waals surface area (Å²) in [7, 11) is 0. The first-order valence-electron chi connectivity index (χ1n) is 15.0. The predicted octanol–water partition coefficient (Wildman–Crippen LogP) is 6.21. The second-order valence-corrected chi connectivity index (χ2v) is 11.8. The number of nitrogens with zero attached hydrogens (tertiary/aromatic N) is 2. The molecular formula is C34H33N5O4. The van der Waals surface area contributed by atoms with E-state index < -0.39 is 11.4 Å². The summed E-state index contributed by atoms with van der Waals surface area (Å²) in [6.07, 6.45) is 7.85. The van der Waals surface area contributed by atoms with Gasteiger partial charge in [-0.25, -0.2) is 4.68 Å². The standard InChI is InChI=1S/C34H33N5O4/c35-31(40)29-19-22-12-14-24(20-28(22)43-29)36-33(42)34(16-7-17-34)37-32(41)23-13-15-26-27(18-23)38-39(25-10-5-2-6-11-25)30(26)21-8-3-1-4-9-21/h2,5-6,10-15,18-21H,1,3-4,7-9,16-17H2,(H2,35,40)(H,36,42)(H,37,41). The second kappa shape index (κ2) is 10.7. The molecule has 0 spiro atoms. The molecule has 218 valence electrons. The topological polar surface area (TPSA) is 132 Å². The zero-order valence-corrected chi connectivity index (χ0v) is 23.8. The van der Waals surface area contributed by atoms with Crippen LogP contribution in [0.2, 0.25) is 0 Å². The molecule has 9 nitrogen and oxygen atoms in total. The average molecular weight is 576 g/mol. The van der Waals surface area contributed by atoms with Gasteiger partial charge < -0.3 is 20.8 Å². The smallest absolute Gasteiger partial charge is 0.284 e. The van der Waals surface area contributed by atoms with Crippen molar-refractivity contribution in [2.24, 2.45) is 5.73 Å². The molecule has 3 amide bonds. The molecule has 2 aromatic heterocycles. The Hall–Kier alpha value is -4.92. The Morgan fingerprint density at radius 1 is 0.907 bits per heavy atom. The Morgan fingerprint density at radius 2 is 1.70 bits per heavy atom. The molecule has 2 aliphatic carbocycles. The fraction of sp³-hybridized carbons (Fsp3) is 0.294. The third-order valence-corrected chi connectivity index (χ3v) is 8.98. The molecule has 43 heavy (non-hydrogen) atoms. The van der Waals surface area contributed by atoms with Crippen molar-refractivity contribution >= 4 is 45.3 Å². The van der Waals surface area contributed by atoms with Crippen molar-refractivity contribution in [1.29, 1.82) is 0 Å². The van der Waals surface area contributed by atoms with E-state index in [4.69, 9.17) is 15.2 Å². The lowest BCUT2D eigenvalue weighted by atomic mass is 9.75. The Kier molecular flexibility index (Phi) is 6.72. The molecule has 4 N–H and O–H groups in total. The molecule has 0 saturated heterocycles. The maximum atomic E-state index is 13.6. The first-order valence-corrected chi connectivity index (χ1v) is 15.0. The van der Waals surface area contributed by atoms with Crippen LogP contribution in [-0.2, 0) is 4.79 Å². The van der Waals surface area contributed by atoms with E-state index in [9.17, 15) is 14.4 Å². The van der Waals surface area contributed by atoms with Crippen LogP contribution in [0.15, 0.2) is 77.2 Å². The summed E-state index contributed by atoms with van der Waals surface area (Å²) in [5.74, 6) is -0.783. The van der Waals surface area contributed by atoms with E-state index in [-0.39, 0.29) is 17.6 Å². The molecule has 0 bridgehead atoms. The van der Waals surface area contributed by atoms with Gasteiger partial charge in [0.05, 0.1) is 16.9 Å². The number of para-hydroxylation sites is 1. The molecule has 2 fully saturated rings. The highest BCUT2D eigenvalue weighted by molar-refractivity contribution is 6.06. The summed E-state index contributed by atoms with van der Waals surface area (Å²) in [6, 6.07) is 22.5. The van der Waals surface area contributed by atoms with E-state index in [0.717, 1.165) is 35.9 Å². The number of carbonyl (C=O) groups excluding carboxylic acids is 3. The van der Waals surface area contributed by atoms with Gasteiger partial charge in [0.25, 0.3) is 11.8 Å². The van der Waals surface area contributed by atoms with Gasteiger partial charge in [-0.3, -0.25) is 14.4 Å². The summed E-state index contributed by atoms with van der Waals surface area (Å²) < 4.78 is 7.56. The molecule has 0 radical (unpaired) electrons. The number of fused-ring (bicyclic) bond motifs is 2. The van der Waals surface area contributed by atoms with Gasteiger partial charge in [0.2, 0.25) is 5.91 Å². The molecule has 0 unspecified atom stereocenters. The van der Waals surface area contributed by atoms with Crippen LogP contribution in [0.5, 0.6) is 0 Å². The molecular weight excluding hydrogens is 542 g/mol. The Labute approximate surface area is 248 Å².